The molecule has 14 heavy (non-hydrogen) atoms. The van der Waals surface area contributed by atoms with Gasteiger partial charge in [0.15, 0.2) is 0 Å². The van der Waals surface area contributed by atoms with Gasteiger partial charge < -0.3 is 10.3 Å². The van der Waals surface area contributed by atoms with E-state index in [1.54, 1.807) is 11.3 Å². The van der Waals surface area contributed by atoms with E-state index < -0.39 is 0 Å². The summed E-state index contributed by atoms with van der Waals surface area (Å²) in [5.41, 5.74) is 7.91. The van der Waals surface area contributed by atoms with Crippen molar-refractivity contribution in [2.75, 3.05) is 0 Å². The molecule has 2 rings (SSSR count). The number of aryl methyl sites for hydroxylation is 1. The molecule has 0 aliphatic rings. The summed E-state index contributed by atoms with van der Waals surface area (Å²) < 4.78 is 2.09. The first kappa shape index (κ1) is 9.43. The zero-order chi connectivity index (χ0) is 10.1. The minimum Gasteiger partial charge on any atom is -0.331 e. The second-order valence-corrected chi connectivity index (χ2v) is 4.18. The van der Waals surface area contributed by atoms with Crippen molar-refractivity contribution >= 4 is 11.3 Å². The average Bonchev–Trinajstić information content (AvgIpc) is 2.75. The first-order chi connectivity index (χ1) is 6.72. The van der Waals surface area contributed by atoms with Gasteiger partial charge in [-0.3, -0.25) is 0 Å². The monoisotopic (exact) mass is 207 g/mol. The predicted molar refractivity (Wildman–Crippen MR) is 59.1 cm³/mol. The molecule has 74 valence electrons. The van der Waals surface area contributed by atoms with Crippen molar-refractivity contribution in [3.63, 3.8) is 0 Å². The Kier molecular flexibility index (Phi) is 2.39. The zero-order valence-electron chi connectivity index (χ0n) is 8.32. The number of hydrogen-bond acceptors (Lipinski definition) is 3. The van der Waals surface area contributed by atoms with Gasteiger partial charge in [-0.15, -0.1) is 11.3 Å². The van der Waals surface area contributed by atoms with Gasteiger partial charge in [0.2, 0.25) is 0 Å². The summed E-state index contributed by atoms with van der Waals surface area (Å²) >= 11 is 1.71. The van der Waals surface area contributed by atoms with Crippen LogP contribution >= 0.6 is 11.3 Å². The molecular formula is C10H13N3S. The highest BCUT2D eigenvalue weighted by atomic mass is 32.1. The molecule has 0 spiro atoms. The molecule has 0 aliphatic heterocycles. The van der Waals surface area contributed by atoms with E-state index >= 15 is 0 Å². The van der Waals surface area contributed by atoms with Crippen LogP contribution in [0.3, 0.4) is 0 Å². The standard InChI is InChI=1S/C10H13N3S/c1-7-12-5-9(13(7)2)10-3-8(4-11)6-14-10/h3,5-6H,4,11H2,1-2H3. The molecular weight excluding hydrogens is 194 g/mol. The quantitative estimate of drug-likeness (QED) is 0.817. The Morgan fingerprint density at radius 3 is 2.86 bits per heavy atom. The highest BCUT2D eigenvalue weighted by Gasteiger charge is 2.07. The van der Waals surface area contributed by atoms with Crippen LogP contribution in [0.2, 0.25) is 0 Å². The molecule has 0 amide bonds. The van der Waals surface area contributed by atoms with Crippen LogP contribution in [0, 0.1) is 6.92 Å². The molecule has 0 unspecified atom stereocenters. The third kappa shape index (κ3) is 1.47. The lowest BCUT2D eigenvalue weighted by Gasteiger charge is -1.99. The number of nitrogens with two attached hydrogens (primary N) is 1. The third-order valence-electron chi connectivity index (χ3n) is 2.36. The number of thiophene rings is 1. The molecule has 4 heteroatoms. The van der Waals surface area contributed by atoms with Crippen molar-refractivity contribution in [3.05, 3.63) is 29.0 Å². The molecule has 0 saturated heterocycles. The Morgan fingerprint density at radius 2 is 2.36 bits per heavy atom. The summed E-state index contributed by atoms with van der Waals surface area (Å²) in [7, 11) is 2.03. The van der Waals surface area contributed by atoms with Gasteiger partial charge in [0.25, 0.3) is 0 Å². The van der Waals surface area contributed by atoms with Gasteiger partial charge in [0.1, 0.15) is 5.82 Å². The van der Waals surface area contributed by atoms with Crippen LogP contribution in [0.5, 0.6) is 0 Å². The number of imidazole rings is 1. The second-order valence-electron chi connectivity index (χ2n) is 3.27. The summed E-state index contributed by atoms with van der Waals surface area (Å²) in [4.78, 5) is 5.50. The van der Waals surface area contributed by atoms with Gasteiger partial charge in [-0.2, -0.15) is 0 Å². The zero-order valence-corrected chi connectivity index (χ0v) is 9.14. The van der Waals surface area contributed by atoms with Crippen LogP contribution in [0.4, 0.5) is 0 Å². The smallest absolute Gasteiger partial charge is 0.105 e. The minimum absolute atomic E-state index is 0.604. The lowest BCUT2D eigenvalue weighted by Crippen LogP contribution is -1.94. The van der Waals surface area contributed by atoms with E-state index in [4.69, 9.17) is 5.73 Å². The first-order valence-corrected chi connectivity index (χ1v) is 5.36. The molecule has 2 N–H and O–H groups in total. The molecule has 0 atom stereocenters. The van der Waals surface area contributed by atoms with Crippen LogP contribution in [0.25, 0.3) is 10.6 Å². The number of nitrogens with zero attached hydrogens (tertiary/aromatic N) is 2. The van der Waals surface area contributed by atoms with Gasteiger partial charge in [-0.05, 0) is 23.9 Å². The molecule has 0 aliphatic carbocycles. The molecule has 0 aromatic carbocycles. The number of hydrogen-bond donors (Lipinski definition) is 1. The van der Waals surface area contributed by atoms with Crippen molar-refractivity contribution in [2.24, 2.45) is 12.8 Å². The molecule has 0 bridgehead atoms. The number of rotatable bonds is 2. The van der Waals surface area contributed by atoms with E-state index in [1.807, 2.05) is 20.2 Å². The summed E-state index contributed by atoms with van der Waals surface area (Å²) in [5, 5.41) is 2.09. The maximum absolute atomic E-state index is 5.57. The normalized spacial score (nSPS) is 10.8. The van der Waals surface area contributed by atoms with E-state index in [0.29, 0.717) is 6.54 Å². The van der Waals surface area contributed by atoms with E-state index in [2.05, 4.69) is 21.0 Å². The van der Waals surface area contributed by atoms with E-state index in [0.717, 1.165) is 11.5 Å². The fourth-order valence-electron chi connectivity index (χ4n) is 1.35. The van der Waals surface area contributed by atoms with Crippen LogP contribution in [-0.2, 0) is 13.6 Å². The second kappa shape index (κ2) is 3.55. The van der Waals surface area contributed by atoms with Crippen LogP contribution in [0.15, 0.2) is 17.6 Å². The van der Waals surface area contributed by atoms with E-state index in [9.17, 15) is 0 Å². The molecule has 2 heterocycles. The van der Waals surface area contributed by atoms with Crippen LogP contribution in [0.1, 0.15) is 11.4 Å². The Labute approximate surface area is 87.2 Å². The Balaban J connectivity index is 2.44. The van der Waals surface area contributed by atoms with Gasteiger partial charge >= 0.3 is 0 Å². The molecule has 2 aromatic heterocycles. The third-order valence-corrected chi connectivity index (χ3v) is 3.36. The maximum atomic E-state index is 5.57. The minimum atomic E-state index is 0.604. The largest absolute Gasteiger partial charge is 0.331 e. The highest BCUT2D eigenvalue weighted by Crippen LogP contribution is 2.26. The Hall–Kier alpha value is -1.13. The van der Waals surface area contributed by atoms with Crippen LogP contribution in [-0.4, -0.2) is 9.55 Å². The fraction of sp³-hybridized carbons (Fsp3) is 0.300. The molecule has 3 nitrogen and oxygen atoms in total. The Bertz CT molecular complexity index is 442. The number of aromatic nitrogens is 2. The van der Waals surface area contributed by atoms with Gasteiger partial charge in [0.05, 0.1) is 16.8 Å². The van der Waals surface area contributed by atoms with Crippen molar-refractivity contribution in [1.82, 2.24) is 9.55 Å². The Morgan fingerprint density at radius 1 is 1.57 bits per heavy atom. The molecule has 0 radical (unpaired) electrons. The first-order valence-electron chi connectivity index (χ1n) is 4.48. The van der Waals surface area contributed by atoms with Crippen LogP contribution < -0.4 is 5.73 Å². The summed E-state index contributed by atoms with van der Waals surface area (Å²) in [6.07, 6.45) is 1.90. The topological polar surface area (TPSA) is 43.8 Å². The maximum Gasteiger partial charge on any atom is 0.105 e. The summed E-state index contributed by atoms with van der Waals surface area (Å²) in [6, 6.07) is 2.13. The van der Waals surface area contributed by atoms with Crippen molar-refractivity contribution < 1.29 is 0 Å². The lowest BCUT2D eigenvalue weighted by molar-refractivity contribution is 0.866. The van der Waals surface area contributed by atoms with Crippen molar-refractivity contribution in [1.29, 1.82) is 0 Å². The highest BCUT2D eigenvalue weighted by molar-refractivity contribution is 7.13. The molecule has 0 fully saturated rings. The van der Waals surface area contributed by atoms with E-state index in [-0.39, 0.29) is 0 Å². The van der Waals surface area contributed by atoms with E-state index in [1.165, 1.54) is 10.4 Å². The average molecular weight is 207 g/mol. The molecule has 2 aromatic rings. The van der Waals surface area contributed by atoms with Crippen molar-refractivity contribution in [3.8, 4) is 10.6 Å². The van der Waals surface area contributed by atoms with Gasteiger partial charge in [-0.1, -0.05) is 0 Å². The summed E-state index contributed by atoms with van der Waals surface area (Å²) in [6.45, 7) is 2.61. The van der Waals surface area contributed by atoms with Gasteiger partial charge in [-0.25, -0.2) is 4.98 Å². The van der Waals surface area contributed by atoms with Crippen molar-refractivity contribution in [2.45, 2.75) is 13.5 Å². The molecule has 0 saturated carbocycles. The fourth-order valence-corrected chi connectivity index (χ4v) is 2.32. The predicted octanol–water partition coefficient (Wildman–Crippen LogP) is 1.92. The SMILES string of the molecule is Cc1ncc(-c2cc(CN)cs2)n1C. The summed E-state index contributed by atoms with van der Waals surface area (Å²) in [5.74, 6) is 1.03. The van der Waals surface area contributed by atoms with Gasteiger partial charge in [0, 0.05) is 13.6 Å². The lowest BCUT2D eigenvalue weighted by atomic mass is 10.3.